The van der Waals surface area contributed by atoms with Gasteiger partial charge in [-0.2, -0.15) is 13.2 Å². The lowest BCUT2D eigenvalue weighted by Crippen LogP contribution is -2.14. The van der Waals surface area contributed by atoms with Gasteiger partial charge in [0.25, 0.3) is 0 Å². The first-order valence-electron chi connectivity index (χ1n) is 3.58. The zero-order valence-electron chi connectivity index (χ0n) is 6.61. The van der Waals surface area contributed by atoms with Crippen LogP contribution in [0.25, 0.3) is 0 Å². The van der Waals surface area contributed by atoms with E-state index in [1.54, 1.807) is 12.1 Å². The van der Waals surface area contributed by atoms with Gasteiger partial charge >= 0.3 is 6.18 Å². The molecule has 0 unspecified atom stereocenters. The van der Waals surface area contributed by atoms with Gasteiger partial charge in [-0.3, -0.25) is 4.98 Å². The van der Waals surface area contributed by atoms with Gasteiger partial charge < -0.3 is 0 Å². The predicted molar refractivity (Wildman–Crippen MR) is 43.6 cm³/mol. The van der Waals surface area contributed by atoms with Crippen LogP contribution in [0.3, 0.4) is 0 Å². The maximum absolute atomic E-state index is 12.0. The van der Waals surface area contributed by atoms with Crippen molar-refractivity contribution in [3.63, 3.8) is 0 Å². The first-order valence-corrected chi connectivity index (χ1v) is 4.12. The maximum Gasteiger partial charge on any atom is 0.394 e. The Bertz CT molecular complexity index is 285. The summed E-state index contributed by atoms with van der Waals surface area (Å²) in [5.74, 6) is 0.0548. The SMILES string of the molecule is FC(F)(F)Cc1ncccc1CCl. The molecule has 0 bridgehead atoms. The van der Waals surface area contributed by atoms with Gasteiger partial charge in [-0.25, -0.2) is 0 Å². The average molecular weight is 210 g/mol. The minimum atomic E-state index is -4.23. The van der Waals surface area contributed by atoms with Gasteiger partial charge in [-0.05, 0) is 11.6 Å². The highest BCUT2D eigenvalue weighted by atomic mass is 35.5. The van der Waals surface area contributed by atoms with Crippen molar-refractivity contribution in [2.45, 2.75) is 18.5 Å². The van der Waals surface area contributed by atoms with Crippen LogP contribution in [0.15, 0.2) is 18.3 Å². The third-order valence-electron chi connectivity index (χ3n) is 1.50. The molecule has 13 heavy (non-hydrogen) atoms. The Morgan fingerprint density at radius 3 is 2.62 bits per heavy atom. The van der Waals surface area contributed by atoms with Gasteiger partial charge in [0.15, 0.2) is 0 Å². The van der Waals surface area contributed by atoms with Crippen LogP contribution in [0.1, 0.15) is 11.3 Å². The standard InChI is InChI=1S/C8H7ClF3N/c9-5-6-2-1-3-13-7(6)4-8(10,11)12/h1-3H,4-5H2. The molecule has 0 aliphatic carbocycles. The maximum atomic E-state index is 12.0. The highest BCUT2D eigenvalue weighted by molar-refractivity contribution is 6.17. The number of alkyl halides is 4. The van der Waals surface area contributed by atoms with Crippen molar-refractivity contribution >= 4 is 11.6 Å². The Morgan fingerprint density at radius 2 is 2.08 bits per heavy atom. The summed E-state index contributed by atoms with van der Waals surface area (Å²) in [5.41, 5.74) is 0.437. The van der Waals surface area contributed by atoms with Crippen LogP contribution in [0.4, 0.5) is 13.2 Å². The number of nitrogens with zero attached hydrogens (tertiary/aromatic N) is 1. The van der Waals surface area contributed by atoms with E-state index in [2.05, 4.69) is 4.98 Å². The van der Waals surface area contributed by atoms with Crippen molar-refractivity contribution in [1.82, 2.24) is 4.98 Å². The lowest BCUT2D eigenvalue weighted by molar-refractivity contribution is -0.127. The summed E-state index contributed by atoms with van der Waals surface area (Å²) in [7, 11) is 0. The number of rotatable bonds is 2. The van der Waals surface area contributed by atoms with E-state index in [9.17, 15) is 13.2 Å². The van der Waals surface area contributed by atoms with Crippen LogP contribution < -0.4 is 0 Å². The molecule has 0 saturated carbocycles. The molecule has 1 nitrogen and oxygen atoms in total. The summed E-state index contributed by atoms with van der Waals surface area (Å²) in [6, 6.07) is 3.11. The molecular weight excluding hydrogens is 203 g/mol. The van der Waals surface area contributed by atoms with Crippen LogP contribution in [-0.4, -0.2) is 11.2 Å². The zero-order chi connectivity index (χ0) is 9.90. The lowest BCUT2D eigenvalue weighted by atomic mass is 10.1. The Kier molecular flexibility index (Phi) is 3.14. The molecule has 72 valence electrons. The second-order valence-corrected chi connectivity index (χ2v) is 2.80. The highest BCUT2D eigenvalue weighted by Crippen LogP contribution is 2.22. The molecular formula is C8H7ClF3N. The molecule has 1 aromatic rings. The number of hydrogen-bond acceptors (Lipinski definition) is 1. The summed E-state index contributed by atoms with van der Waals surface area (Å²) in [4.78, 5) is 3.63. The van der Waals surface area contributed by atoms with Crippen LogP contribution in [0, 0.1) is 0 Å². The molecule has 0 fully saturated rings. The first kappa shape index (κ1) is 10.3. The summed E-state index contributed by atoms with van der Waals surface area (Å²) < 4.78 is 35.9. The fraction of sp³-hybridized carbons (Fsp3) is 0.375. The smallest absolute Gasteiger partial charge is 0.261 e. The van der Waals surface area contributed by atoms with E-state index in [0.29, 0.717) is 5.56 Å². The molecule has 0 aliphatic rings. The summed E-state index contributed by atoms with van der Waals surface area (Å²) >= 11 is 5.45. The van der Waals surface area contributed by atoms with Crippen LogP contribution >= 0.6 is 11.6 Å². The van der Waals surface area contributed by atoms with Crippen LogP contribution in [0.2, 0.25) is 0 Å². The normalized spacial score (nSPS) is 11.7. The zero-order valence-corrected chi connectivity index (χ0v) is 7.36. The van der Waals surface area contributed by atoms with Crippen molar-refractivity contribution in [1.29, 1.82) is 0 Å². The topological polar surface area (TPSA) is 12.9 Å². The molecule has 0 atom stereocenters. The van der Waals surface area contributed by atoms with Crippen molar-refractivity contribution < 1.29 is 13.2 Å². The largest absolute Gasteiger partial charge is 0.394 e. The van der Waals surface area contributed by atoms with E-state index in [1.807, 2.05) is 0 Å². The van der Waals surface area contributed by atoms with Gasteiger partial charge in [0, 0.05) is 12.1 Å². The van der Waals surface area contributed by atoms with Crippen LogP contribution in [0.5, 0.6) is 0 Å². The van der Waals surface area contributed by atoms with Gasteiger partial charge in [0.05, 0.1) is 12.1 Å². The van der Waals surface area contributed by atoms with Gasteiger partial charge in [-0.1, -0.05) is 6.07 Å². The molecule has 5 heteroatoms. The summed E-state index contributed by atoms with van der Waals surface area (Å²) in [6.45, 7) is 0. The highest BCUT2D eigenvalue weighted by Gasteiger charge is 2.29. The predicted octanol–water partition coefficient (Wildman–Crippen LogP) is 2.93. The molecule has 0 aromatic carbocycles. The van der Waals surface area contributed by atoms with E-state index in [-0.39, 0.29) is 11.6 Å². The number of pyridine rings is 1. The second kappa shape index (κ2) is 3.96. The van der Waals surface area contributed by atoms with Gasteiger partial charge in [-0.15, -0.1) is 11.6 Å². The quantitative estimate of drug-likeness (QED) is 0.683. The summed E-state index contributed by atoms with van der Waals surface area (Å²) in [5, 5.41) is 0. The van der Waals surface area contributed by atoms with Gasteiger partial charge in [0.1, 0.15) is 0 Å². The van der Waals surface area contributed by atoms with E-state index >= 15 is 0 Å². The third kappa shape index (κ3) is 3.22. The molecule has 0 N–H and O–H groups in total. The van der Waals surface area contributed by atoms with Gasteiger partial charge in [0.2, 0.25) is 0 Å². The Balaban J connectivity index is 2.87. The van der Waals surface area contributed by atoms with E-state index in [1.165, 1.54) is 6.20 Å². The molecule has 0 spiro atoms. The van der Waals surface area contributed by atoms with E-state index in [4.69, 9.17) is 11.6 Å². The fourth-order valence-electron chi connectivity index (χ4n) is 0.942. The van der Waals surface area contributed by atoms with E-state index in [0.717, 1.165) is 0 Å². The molecule has 1 rings (SSSR count). The fourth-order valence-corrected chi connectivity index (χ4v) is 1.19. The minimum absolute atomic E-state index is 0.00463. The number of hydrogen-bond donors (Lipinski definition) is 0. The Labute approximate surface area is 78.5 Å². The second-order valence-electron chi connectivity index (χ2n) is 2.53. The van der Waals surface area contributed by atoms with Crippen molar-refractivity contribution in [2.75, 3.05) is 0 Å². The number of aromatic nitrogens is 1. The van der Waals surface area contributed by atoms with Crippen molar-refractivity contribution in [3.8, 4) is 0 Å². The average Bonchev–Trinajstić information content (AvgIpc) is 2.02. The van der Waals surface area contributed by atoms with Crippen molar-refractivity contribution in [3.05, 3.63) is 29.6 Å². The first-order chi connectivity index (χ1) is 6.03. The molecule has 1 aromatic heterocycles. The van der Waals surface area contributed by atoms with E-state index < -0.39 is 12.6 Å². The van der Waals surface area contributed by atoms with Crippen LogP contribution in [-0.2, 0) is 12.3 Å². The van der Waals surface area contributed by atoms with Crippen molar-refractivity contribution in [2.24, 2.45) is 0 Å². The Morgan fingerprint density at radius 1 is 1.38 bits per heavy atom. The Hall–Kier alpha value is -0.770. The third-order valence-corrected chi connectivity index (χ3v) is 1.78. The monoisotopic (exact) mass is 209 g/mol. The molecule has 0 aliphatic heterocycles. The molecule has 0 amide bonds. The lowest BCUT2D eigenvalue weighted by Gasteiger charge is -2.08. The molecule has 0 saturated heterocycles. The minimum Gasteiger partial charge on any atom is -0.261 e. The number of halogens is 4. The molecule has 1 heterocycles. The molecule has 0 radical (unpaired) electrons. The summed E-state index contributed by atoms with van der Waals surface area (Å²) in [6.07, 6.45) is -3.91.